The molecule has 0 aliphatic carbocycles. The number of pyridine rings is 1. The van der Waals surface area contributed by atoms with Crippen molar-refractivity contribution >= 4 is 5.91 Å². The normalized spacial score (nSPS) is 19.6. The lowest BCUT2D eigenvalue weighted by Crippen LogP contribution is -2.41. The molecule has 1 atom stereocenters. The fourth-order valence-corrected chi connectivity index (χ4v) is 2.42. The summed E-state index contributed by atoms with van der Waals surface area (Å²) in [4.78, 5) is 18.6. The average molecular weight is 233 g/mol. The van der Waals surface area contributed by atoms with Crippen molar-refractivity contribution in [2.75, 3.05) is 20.1 Å². The summed E-state index contributed by atoms with van der Waals surface area (Å²) in [6.45, 7) is 3.61. The van der Waals surface area contributed by atoms with E-state index in [2.05, 4.69) is 10.3 Å². The van der Waals surface area contributed by atoms with E-state index in [-0.39, 0.29) is 5.91 Å². The minimum absolute atomic E-state index is 0.119. The molecule has 0 radical (unpaired) electrons. The van der Waals surface area contributed by atoms with E-state index in [1.807, 2.05) is 31.0 Å². The number of hydrogen-bond donors (Lipinski definition) is 1. The first-order valence-corrected chi connectivity index (χ1v) is 6.11. The summed E-state index contributed by atoms with van der Waals surface area (Å²) >= 11 is 0. The molecule has 2 rings (SSSR count). The lowest BCUT2D eigenvalue weighted by atomic mass is 10.1. The predicted octanol–water partition coefficient (Wildman–Crippen LogP) is 1.21. The Kier molecular flexibility index (Phi) is 3.74. The highest BCUT2D eigenvalue weighted by Crippen LogP contribution is 2.20. The first kappa shape index (κ1) is 12.0. The second-order valence-corrected chi connectivity index (χ2v) is 4.49. The van der Waals surface area contributed by atoms with Crippen molar-refractivity contribution in [2.24, 2.45) is 0 Å². The molecule has 1 saturated heterocycles. The molecule has 1 amide bonds. The maximum atomic E-state index is 12.4. The molecule has 1 N–H and O–H groups in total. The van der Waals surface area contributed by atoms with E-state index in [1.54, 1.807) is 6.20 Å². The van der Waals surface area contributed by atoms with Crippen LogP contribution in [0.5, 0.6) is 0 Å². The molecule has 1 fully saturated rings. The number of aryl methyl sites for hydroxylation is 1. The lowest BCUT2D eigenvalue weighted by molar-refractivity contribution is 0.0736. The highest BCUT2D eigenvalue weighted by Gasteiger charge is 2.29. The van der Waals surface area contributed by atoms with E-state index in [4.69, 9.17) is 0 Å². The molecule has 0 bridgehead atoms. The van der Waals surface area contributed by atoms with Crippen molar-refractivity contribution in [3.63, 3.8) is 0 Å². The van der Waals surface area contributed by atoms with Crippen LogP contribution in [0, 0.1) is 6.92 Å². The number of amides is 1. The Labute approximate surface area is 102 Å². The Bertz CT molecular complexity index is 405. The zero-order valence-corrected chi connectivity index (χ0v) is 10.4. The fourth-order valence-electron chi connectivity index (χ4n) is 2.42. The van der Waals surface area contributed by atoms with Gasteiger partial charge in [0.15, 0.2) is 0 Å². The van der Waals surface area contributed by atoms with Gasteiger partial charge in [0.05, 0.1) is 5.56 Å². The summed E-state index contributed by atoms with van der Waals surface area (Å²) in [5, 5.41) is 3.15. The smallest absolute Gasteiger partial charge is 0.255 e. The molecular formula is C13H19N3O. The van der Waals surface area contributed by atoms with Crippen LogP contribution >= 0.6 is 0 Å². The van der Waals surface area contributed by atoms with E-state index in [9.17, 15) is 4.79 Å². The number of hydrogen-bond acceptors (Lipinski definition) is 3. The summed E-state index contributed by atoms with van der Waals surface area (Å²) in [5.41, 5.74) is 1.54. The molecule has 1 unspecified atom stereocenters. The van der Waals surface area contributed by atoms with Gasteiger partial charge in [0.1, 0.15) is 0 Å². The van der Waals surface area contributed by atoms with Gasteiger partial charge in [-0.25, -0.2) is 0 Å². The van der Waals surface area contributed by atoms with Gasteiger partial charge in [0.2, 0.25) is 0 Å². The molecule has 0 saturated carbocycles. The molecule has 4 heteroatoms. The number of likely N-dealkylation sites (N-methyl/N-ethyl adjacent to an activating group) is 1. The lowest BCUT2D eigenvalue weighted by Gasteiger charge is -2.25. The van der Waals surface area contributed by atoms with Gasteiger partial charge in [-0.15, -0.1) is 0 Å². The summed E-state index contributed by atoms with van der Waals surface area (Å²) < 4.78 is 0. The maximum Gasteiger partial charge on any atom is 0.255 e. The van der Waals surface area contributed by atoms with Crippen molar-refractivity contribution in [1.82, 2.24) is 15.2 Å². The number of carbonyl (C=O) groups excluding carboxylic acids is 1. The van der Waals surface area contributed by atoms with E-state index in [0.717, 1.165) is 37.2 Å². The van der Waals surface area contributed by atoms with Crippen LogP contribution in [0.4, 0.5) is 0 Å². The Morgan fingerprint density at radius 1 is 1.65 bits per heavy atom. The summed E-state index contributed by atoms with van der Waals surface area (Å²) in [6.07, 6.45) is 3.91. The maximum absolute atomic E-state index is 12.4. The second-order valence-electron chi connectivity index (χ2n) is 4.49. The number of nitrogens with one attached hydrogen (secondary N) is 1. The minimum atomic E-state index is 0.119. The third-order valence-electron chi connectivity index (χ3n) is 3.32. The quantitative estimate of drug-likeness (QED) is 0.853. The summed E-state index contributed by atoms with van der Waals surface area (Å²) in [5.74, 6) is 0.119. The zero-order valence-electron chi connectivity index (χ0n) is 10.4. The van der Waals surface area contributed by atoms with Crippen LogP contribution in [-0.2, 0) is 0 Å². The molecule has 0 aromatic carbocycles. The standard InChI is InChI=1S/C13H19N3O/c1-10-12(6-3-7-15-10)13(17)16-8-4-5-11(16)9-14-2/h3,6-7,11,14H,4-5,8-9H2,1-2H3. The molecule has 17 heavy (non-hydrogen) atoms. The topological polar surface area (TPSA) is 45.2 Å². The number of likely N-dealkylation sites (tertiary alicyclic amines) is 1. The first-order chi connectivity index (χ1) is 8.24. The summed E-state index contributed by atoms with van der Waals surface area (Å²) in [6, 6.07) is 4.01. The van der Waals surface area contributed by atoms with Crippen LogP contribution in [0.15, 0.2) is 18.3 Å². The first-order valence-electron chi connectivity index (χ1n) is 6.11. The molecule has 2 heterocycles. The van der Waals surface area contributed by atoms with E-state index in [0.29, 0.717) is 6.04 Å². The monoisotopic (exact) mass is 233 g/mol. The Morgan fingerprint density at radius 3 is 3.18 bits per heavy atom. The molecule has 92 valence electrons. The average Bonchev–Trinajstić information content (AvgIpc) is 2.78. The Morgan fingerprint density at radius 2 is 2.47 bits per heavy atom. The van der Waals surface area contributed by atoms with E-state index >= 15 is 0 Å². The molecule has 0 spiro atoms. The van der Waals surface area contributed by atoms with Crippen LogP contribution in [0.25, 0.3) is 0 Å². The van der Waals surface area contributed by atoms with Gasteiger partial charge in [0, 0.05) is 31.0 Å². The van der Waals surface area contributed by atoms with Crippen molar-refractivity contribution in [2.45, 2.75) is 25.8 Å². The highest BCUT2D eigenvalue weighted by molar-refractivity contribution is 5.95. The van der Waals surface area contributed by atoms with Crippen molar-refractivity contribution in [1.29, 1.82) is 0 Å². The molecule has 1 aromatic rings. The van der Waals surface area contributed by atoms with Crippen LogP contribution in [0.3, 0.4) is 0 Å². The Balaban J connectivity index is 2.17. The van der Waals surface area contributed by atoms with Gasteiger partial charge in [0.25, 0.3) is 5.91 Å². The predicted molar refractivity (Wildman–Crippen MR) is 67.0 cm³/mol. The molecule has 4 nitrogen and oxygen atoms in total. The van der Waals surface area contributed by atoms with E-state index < -0.39 is 0 Å². The molecule has 1 aliphatic rings. The van der Waals surface area contributed by atoms with Gasteiger partial charge in [-0.2, -0.15) is 0 Å². The number of aromatic nitrogens is 1. The molecule has 1 aliphatic heterocycles. The van der Waals surface area contributed by atoms with Crippen LogP contribution < -0.4 is 5.32 Å². The number of rotatable bonds is 3. The van der Waals surface area contributed by atoms with Gasteiger partial charge < -0.3 is 10.2 Å². The van der Waals surface area contributed by atoms with Gasteiger partial charge in [-0.1, -0.05) is 0 Å². The van der Waals surface area contributed by atoms with Crippen LogP contribution in [0.2, 0.25) is 0 Å². The minimum Gasteiger partial charge on any atom is -0.334 e. The van der Waals surface area contributed by atoms with Crippen molar-refractivity contribution < 1.29 is 4.79 Å². The molecule has 1 aromatic heterocycles. The van der Waals surface area contributed by atoms with Gasteiger partial charge in [-0.3, -0.25) is 9.78 Å². The van der Waals surface area contributed by atoms with Crippen LogP contribution in [-0.4, -0.2) is 42.0 Å². The zero-order chi connectivity index (χ0) is 12.3. The van der Waals surface area contributed by atoms with Gasteiger partial charge in [-0.05, 0) is 38.9 Å². The third kappa shape index (κ3) is 2.47. The highest BCUT2D eigenvalue weighted by atomic mass is 16.2. The van der Waals surface area contributed by atoms with Crippen molar-refractivity contribution in [3.8, 4) is 0 Å². The Hall–Kier alpha value is -1.42. The SMILES string of the molecule is CNCC1CCCN1C(=O)c1cccnc1C. The molecular weight excluding hydrogens is 214 g/mol. The third-order valence-corrected chi connectivity index (χ3v) is 3.32. The number of carbonyl (C=O) groups is 1. The summed E-state index contributed by atoms with van der Waals surface area (Å²) in [7, 11) is 1.93. The second kappa shape index (κ2) is 5.27. The largest absolute Gasteiger partial charge is 0.334 e. The van der Waals surface area contributed by atoms with Crippen molar-refractivity contribution in [3.05, 3.63) is 29.6 Å². The van der Waals surface area contributed by atoms with E-state index in [1.165, 1.54) is 0 Å². The van der Waals surface area contributed by atoms with Gasteiger partial charge >= 0.3 is 0 Å². The van der Waals surface area contributed by atoms with Crippen LogP contribution in [0.1, 0.15) is 28.9 Å². The fraction of sp³-hybridized carbons (Fsp3) is 0.538. The number of nitrogens with zero attached hydrogens (tertiary/aromatic N) is 2.